The first-order valence-corrected chi connectivity index (χ1v) is 20.3. The number of Topliss-reactive ketones (excluding diaryl/α,β-unsaturated/α-hetero) is 2. The minimum Gasteiger partial charge on any atom is -0.492 e. The number of ether oxygens (including phenoxy) is 3. The van der Waals surface area contributed by atoms with Crippen LogP contribution in [0.5, 0.6) is 5.75 Å². The average Bonchev–Trinajstić information content (AvgIpc) is 3.19. The molecule has 0 bridgehead atoms. The molecule has 3 rings (SSSR count). The zero-order valence-electron chi connectivity index (χ0n) is 33.1. The first-order chi connectivity index (χ1) is 28.4. The Bertz CT molecular complexity index is 1860. The molecule has 20 nitrogen and oxygen atoms in total. The van der Waals surface area contributed by atoms with Crippen LogP contribution in [0.1, 0.15) is 69.8 Å². The van der Waals surface area contributed by atoms with Gasteiger partial charge in [-0.25, -0.2) is 9.59 Å². The molecule has 1 aromatic carbocycles. The maximum Gasteiger partial charge on any atom is 0.408 e. The number of nitrogens with one attached hydrogen (secondary N) is 5. The number of hydrogen-bond donors (Lipinski definition) is 6. The minimum atomic E-state index is -1.06. The van der Waals surface area contributed by atoms with E-state index in [9.17, 15) is 38.6 Å². The Hall–Kier alpha value is -5.02. The number of alkyl carbamates (subject to hydrolysis) is 1. The normalized spacial score (nSPS) is 14.2. The van der Waals surface area contributed by atoms with Gasteiger partial charge >= 0.3 is 18.8 Å². The van der Waals surface area contributed by atoms with Crippen molar-refractivity contribution in [2.45, 2.75) is 83.7 Å². The summed E-state index contributed by atoms with van der Waals surface area (Å²) in [5.41, 5.74) is 8.17. The Balaban J connectivity index is 1.54. The van der Waals surface area contributed by atoms with Crippen molar-refractivity contribution >= 4 is 69.3 Å². The van der Waals surface area contributed by atoms with Gasteiger partial charge in [-0.1, -0.05) is 5.11 Å². The Morgan fingerprint density at radius 1 is 0.983 bits per heavy atom. The molecule has 1 aromatic heterocycles. The molecule has 2 atom stereocenters. The van der Waals surface area contributed by atoms with Crippen molar-refractivity contribution in [3.63, 3.8) is 0 Å². The summed E-state index contributed by atoms with van der Waals surface area (Å²) < 4.78 is 22.5. The Kier molecular flexibility index (Phi) is 22.0. The first-order valence-electron chi connectivity index (χ1n) is 19.6. The van der Waals surface area contributed by atoms with Crippen molar-refractivity contribution in [1.29, 1.82) is 0 Å². The molecule has 4 amide bonds. The van der Waals surface area contributed by atoms with Crippen molar-refractivity contribution in [1.82, 2.24) is 26.5 Å². The lowest BCUT2D eigenvalue weighted by molar-refractivity contribution is -0.139. The van der Waals surface area contributed by atoms with Crippen LogP contribution in [0.15, 0.2) is 37.0 Å². The minimum absolute atomic E-state index is 0.0352. The predicted octanol–water partition coefficient (Wildman–Crippen LogP) is 2.57. The van der Waals surface area contributed by atoms with E-state index in [4.69, 9.17) is 24.2 Å². The highest BCUT2D eigenvalue weighted by molar-refractivity contribution is 9.10. The third kappa shape index (κ3) is 19.1. The van der Waals surface area contributed by atoms with Gasteiger partial charge in [0.15, 0.2) is 11.6 Å². The summed E-state index contributed by atoms with van der Waals surface area (Å²) in [6, 6.07) is 3.39. The van der Waals surface area contributed by atoms with E-state index >= 15 is 0 Å². The van der Waals surface area contributed by atoms with Gasteiger partial charge in [-0.3, -0.25) is 24.0 Å². The summed E-state index contributed by atoms with van der Waals surface area (Å²) in [5.74, 6) is -1.76. The molecule has 1 fully saturated rings. The summed E-state index contributed by atoms with van der Waals surface area (Å²) in [4.78, 5) is 89.1. The lowest BCUT2D eigenvalue weighted by Crippen LogP contribution is -2.48. The molecule has 59 heavy (non-hydrogen) atoms. The fraction of sp³-hybridized carbons (Fsp3) is 0.595. The van der Waals surface area contributed by atoms with Crippen molar-refractivity contribution in [2.24, 2.45) is 11.0 Å². The summed E-state index contributed by atoms with van der Waals surface area (Å²) in [5, 5.41) is 26.8. The number of hydrogen-bond acceptors (Lipinski definition) is 14. The SMILES string of the molecule is CB(O)NCCCCOc1cc2oc(=O)cc(COC(=O)NC(CCCCNC(=O)CCOCCN=[N+]=[N-])C(=O)NCCNC(=O)CC3CCC(=O)C(=O)C3)c2cc1Br. The molecule has 6 N–H and O–H groups in total. The number of halogens is 1. The van der Waals surface area contributed by atoms with Gasteiger partial charge in [0.05, 0.1) is 24.3 Å². The lowest BCUT2D eigenvalue weighted by Gasteiger charge is -2.20. The summed E-state index contributed by atoms with van der Waals surface area (Å²) in [6.07, 6.45) is 2.43. The quantitative estimate of drug-likeness (QED) is 0.0143. The standard InChI is InChI=1S/C37H52BBrN8O12/c1-38(55)44-11-4-5-15-57-32-22-31-26(21-27(32)39)25(20-35(52)59-31)23-58-37(54)46-28(6-2-3-10-41-33(50)9-16-56-17-14-45-47-40)36(53)43-13-12-42-34(51)19-24-7-8-29(48)30(49)18-24/h20-22,24,28,44,55H,2-19,23H2,1H3,(H,41,50)(H,42,51)(H,43,53)(H,46,54). The zero-order valence-corrected chi connectivity index (χ0v) is 34.6. The largest absolute Gasteiger partial charge is 0.492 e. The molecule has 0 spiro atoms. The fourth-order valence-corrected chi connectivity index (χ4v) is 6.41. The molecule has 1 heterocycles. The van der Waals surface area contributed by atoms with E-state index in [2.05, 4.69) is 52.5 Å². The number of fused-ring (bicyclic) bond motifs is 1. The molecule has 1 aliphatic rings. The number of amides is 4. The van der Waals surface area contributed by atoms with Crippen molar-refractivity contribution in [2.75, 3.05) is 52.5 Å². The van der Waals surface area contributed by atoms with Crippen LogP contribution in [0.4, 0.5) is 4.79 Å². The number of benzene rings is 1. The van der Waals surface area contributed by atoms with E-state index in [1.165, 1.54) is 6.07 Å². The van der Waals surface area contributed by atoms with E-state index in [0.717, 1.165) is 6.42 Å². The van der Waals surface area contributed by atoms with E-state index in [0.29, 0.717) is 66.6 Å². The Morgan fingerprint density at radius 3 is 2.51 bits per heavy atom. The van der Waals surface area contributed by atoms with Crippen LogP contribution >= 0.6 is 15.9 Å². The molecule has 322 valence electrons. The van der Waals surface area contributed by atoms with E-state index < -0.39 is 42.3 Å². The van der Waals surface area contributed by atoms with Gasteiger partial charge in [-0.05, 0) is 85.3 Å². The highest BCUT2D eigenvalue weighted by Crippen LogP contribution is 2.32. The number of carbonyl (C=O) groups is 6. The third-order valence-corrected chi connectivity index (χ3v) is 9.64. The Labute approximate surface area is 349 Å². The van der Waals surface area contributed by atoms with Crippen LogP contribution in [0.25, 0.3) is 21.4 Å². The second-order valence-electron chi connectivity index (χ2n) is 13.8. The van der Waals surface area contributed by atoms with Gasteiger partial charge in [-0.15, -0.1) is 0 Å². The van der Waals surface area contributed by atoms with Crippen LogP contribution in [0, 0.1) is 5.92 Å². The molecule has 0 aliphatic heterocycles. The molecule has 1 aliphatic carbocycles. The molecular weight excluding hydrogens is 839 g/mol. The van der Waals surface area contributed by atoms with Crippen molar-refractivity contribution in [3.05, 3.63) is 49.1 Å². The molecule has 2 unspecified atom stereocenters. The predicted molar refractivity (Wildman–Crippen MR) is 218 cm³/mol. The summed E-state index contributed by atoms with van der Waals surface area (Å²) in [6.45, 7) is 3.24. The topological polar surface area (TPSA) is 289 Å². The molecule has 0 saturated heterocycles. The van der Waals surface area contributed by atoms with E-state index in [-0.39, 0.29) is 94.9 Å². The highest BCUT2D eigenvalue weighted by atomic mass is 79.9. The number of nitrogens with zero attached hydrogens (tertiary/aromatic N) is 3. The number of carbonyl (C=O) groups excluding carboxylic acids is 6. The van der Waals surface area contributed by atoms with Crippen molar-refractivity contribution < 1.29 is 52.4 Å². The number of azide groups is 1. The zero-order chi connectivity index (χ0) is 43.0. The summed E-state index contributed by atoms with van der Waals surface area (Å²) in [7, 11) is -0.598. The second kappa shape index (κ2) is 26.9. The monoisotopic (exact) mass is 890 g/mol. The fourth-order valence-electron chi connectivity index (χ4n) is 5.95. The van der Waals surface area contributed by atoms with Crippen LogP contribution in [-0.4, -0.2) is 106 Å². The van der Waals surface area contributed by atoms with Gasteiger partial charge in [0.1, 0.15) is 24.0 Å². The van der Waals surface area contributed by atoms with E-state index in [1.807, 2.05) is 0 Å². The van der Waals surface area contributed by atoms with Gasteiger partial charge in [0.2, 0.25) is 17.7 Å². The lowest BCUT2D eigenvalue weighted by atomic mass is 9.85. The molecule has 22 heteroatoms. The average molecular weight is 892 g/mol. The molecule has 2 aromatic rings. The van der Waals surface area contributed by atoms with Gasteiger partial charge in [0.25, 0.3) is 0 Å². The number of rotatable bonds is 27. The maximum atomic E-state index is 13.3. The van der Waals surface area contributed by atoms with Crippen LogP contribution in [0.3, 0.4) is 0 Å². The smallest absolute Gasteiger partial charge is 0.408 e. The van der Waals surface area contributed by atoms with Crippen LogP contribution in [0.2, 0.25) is 6.82 Å². The third-order valence-electron chi connectivity index (χ3n) is 9.02. The molecular formula is C37H52BBrN8O12. The number of ketones is 2. The second-order valence-corrected chi connectivity index (χ2v) is 14.6. The van der Waals surface area contributed by atoms with Crippen molar-refractivity contribution in [3.8, 4) is 5.75 Å². The first kappa shape index (κ1) is 48.4. The van der Waals surface area contributed by atoms with Crippen LogP contribution < -0.4 is 36.9 Å². The molecule has 1 saturated carbocycles. The van der Waals surface area contributed by atoms with Gasteiger partial charge in [-0.2, -0.15) is 0 Å². The van der Waals surface area contributed by atoms with E-state index in [1.54, 1.807) is 19.0 Å². The number of unbranched alkanes of at least 4 members (excludes halogenated alkanes) is 2. The highest BCUT2D eigenvalue weighted by Gasteiger charge is 2.28. The summed E-state index contributed by atoms with van der Waals surface area (Å²) >= 11 is 3.48. The maximum absolute atomic E-state index is 13.3. The Morgan fingerprint density at radius 2 is 1.75 bits per heavy atom. The molecule has 0 radical (unpaired) electrons. The van der Waals surface area contributed by atoms with Crippen LogP contribution in [-0.2, 0) is 40.1 Å². The van der Waals surface area contributed by atoms with Gasteiger partial charge in [0, 0.05) is 79.9 Å². The van der Waals surface area contributed by atoms with Gasteiger partial charge < -0.3 is 50.1 Å².